The van der Waals surface area contributed by atoms with Gasteiger partial charge in [0.25, 0.3) is 0 Å². The van der Waals surface area contributed by atoms with Crippen molar-refractivity contribution in [3.8, 4) is 0 Å². The molecule has 0 aromatic carbocycles. The van der Waals surface area contributed by atoms with Gasteiger partial charge in [0.15, 0.2) is 12.2 Å². The molecule has 0 aromatic heterocycles. The molecule has 5 atom stereocenters. The zero-order chi connectivity index (χ0) is 67.7. The molecule has 0 fully saturated rings. The number of carbonyl (C=O) groups is 4. The largest absolute Gasteiger partial charge is 0.472 e. The highest BCUT2D eigenvalue weighted by Gasteiger charge is 2.30. The SMILES string of the molecule is CCCCCCCCCCCCCCCCCCCC(=O)O[C@H](COC(=O)CCCCCCCCCCCCCC(C)C)COP(=O)(O)OC[C@@H](O)COP(=O)(O)OC[C@@H](COC(=O)CCCCCCCCC)OC(=O)CCCCCCCCCCCCCCCC. The summed E-state index contributed by atoms with van der Waals surface area (Å²) in [6.45, 7) is 7.24. The summed E-state index contributed by atoms with van der Waals surface area (Å²) in [5.74, 6) is -1.35. The van der Waals surface area contributed by atoms with E-state index < -0.39 is 97.5 Å². The average molecular weight is 1350 g/mol. The summed E-state index contributed by atoms with van der Waals surface area (Å²) in [5, 5.41) is 10.6. The summed E-state index contributed by atoms with van der Waals surface area (Å²) in [7, 11) is -9.90. The molecule has 92 heavy (non-hydrogen) atoms. The zero-order valence-electron chi connectivity index (χ0n) is 59.7. The highest BCUT2D eigenvalue weighted by atomic mass is 31.2. The van der Waals surface area contributed by atoms with E-state index in [0.29, 0.717) is 25.7 Å². The van der Waals surface area contributed by atoms with Gasteiger partial charge in [-0.1, -0.05) is 330 Å². The third-order valence-electron chi connectivity index (χ3n) is 17.0. The van der Waals surface area contributed by atoms with Crippen LogP contribution in [0.1, 0.15) is 381 Å². The first-order valence-electron chi connectivity index (χ1n) is 38.1. The minimum atomic E-state index is -4.95. The molecule has 546 valence electrons. The Morgan fingerprint density at radius 3 is 0.739 bits per heavy atom. The first-order chi connectivity index (χ1) is 44.5. The molecular weight excluding hydrogens is 1210 g/mol. The molecule has 0 rings (SSSR count). The number of hydrogen-bond donors (Lipinski definition) is 3. The van der Waals surface area contributed by atoms with Gasteiger partial charge in [0, 0.05) is 25.7 Å². The van der Waals surface area contributed by atoms with Crippen LogP contribution in [-0.4, -0.2) is 96.7 Å². The number of phosphoric ester groups is 2. The maximum atomic E-state index is 13.0. The van der Waals surface area contributed by atoms with Crippen LogP contribution in [0.15, 0.2) is 0 Å². The Bertz CT molecular complexity index is 1770. The molecule has 0 bridgehead atoms. The number of carbonyl (C=O) groups excluding carboxylic acids is 4. The number of esters is 4. The fourth-order valence-corrected chi connectivity index (χ4v) is 12.8. The Labute approximate surface area is 562 Å². The third kappa shape index (κ3) is 66.7. The van der Waals surface area contributed by atoms with Crippen LogP contribution in [0.4, 0.5) is 0 Å². The Hall–Kier alpha value is -1.94. The van der Waals surface area contributed by atoms with E-state index in [1.807, 2.05) is 0 Å². The molecule has 0 amide bonds. The molecular formula is C73H142O17P2. The van der Waals surface area contributed by atoms with Crippen LogP contribution in [0, 0.1) is 5.92 Å². The smallest absolute Gasteiger partial charge is 0.462 e. The number of unbranched alkanes of at least 4 members (excludes halogenated alkanes) is 45. The first kappa shape index (κ1) is 90.1. The first-order valence-corrected chi connectivity index (χ1v) is 41.1. The van der Waals surface area contributed by atoms with Gasteiger partial charge in [0.1, 0.15) is 19.3 Å². The summed E-state index contributed by atoms with van der Waals surface area (Å²) in [6, 6.07) is 0. The van der Waals surface area contributed by atoms with Gasteiger partial charge in [-0.05, 0) is 31.6 Å². The van der Waals surface area contributed by atoms with Crippen molar-refractivity contribution >= 4 is 39.5 Å². The van der Waals surface area contributed by atoms with Crippen LogP contribution in [-0.2, 0) is 65.4 Å². The van der Waals surface area contributed by atoms with E-state index >= 15 is 0 Å². The van der Waals surface area contributed by atoms with Crippen molar-refractivity contribution in [1.29, 1.82) is 0 Å². The fraction of sp³-hybridized carbons (Fsp3) is 0.945. The van der Waals surface area contributed by atoms with Crippen molar-refractivity contribution in [3.05, 3.63) is 0 Å². The predicted octanol–water partition coefficient (Wildman–Crippen LogP) is 21.3. The van der Waals surface area contributed by atoms with Gasteiger partial charge in [-0.2, -0.15) is 0 Å². The Morgan fingerprint density at radius 1 is 0.293 bits per heavy atom. The van der Waals surface area contributed by atoms with Gasteiger partial charge >= 0.3 is 39.5 Å². The van der Waals surface area contributed by atoms with Crippen LogP contribution in [0.2, 0.25) is 0 Å². The summed E-state index contributed by atoms with van der Waals surface area (Å²) >= 11 is 0. The number of aliphatic hydroxyl groups excluding tert-OH is 1. The lowest BCUT2D eigenvalue weighted by Gasteiger charge is -2.21. The van der Waals surface area contributed by atoms with Gasteiger partial charge in [-0.25, -0.2) is 9.13 Å². The van der Waals surface area contributed by atoms with Crippen molar-refractivity contribution in [3.63, 3.8) is 0 Å². The molecule has 0 aromatic rings. The zero-order valence-corrected chi connectivity index (χ0v) is 61.5. The van der Waals surface area contributed by atoms with E-state index in [1.165, 1.54) is 193 Å². The maximum absolute atomic E-state index is 13.0. The fourth-order valence-electron chi connectivity index (χ4n) is 11.2. The molecule has 0 aliphatic carbocycles. The summed E-state index contributed by atoms with van der Waals surface area (Å²) in [4.78, 5) is 72.6. The second-order valence-corrected chi connectivity index (χ2v) is 29.7. The number of ether oxygens (including phenoxy) is 4. The van der Waals surface area contributed by atoms with Crippen LogP contribution in [0.5, 0.6) is 0 Å². The molecule has 19 heteroatoms. The normalized spacial score (nSPS) is 14.0. The van der Waals surface area contributed by atoms with E-state index in [4.69, 9.17) is 37.0 Å². The van der Waals surface area contributed by atoms with Crippen LogP contribution >= 0.6 is 15.6 Å². The Kier molecular flexibility index (Phi) is 64.9. The number of hydrogen-bond acceptors (Lipinski definition) is 15. The number of rotatable bonds is 73. The van der Waals surface area contributed by atoms with Crippen molar-refractivity contribution < 1.29 is 80.2 Å². The van der Waals surface area contributed by atoms with Gasteiger partial charge in [-0.3, -0.25) is 37.3 Å². The molecule has 3 N–H and O–H groups in total. The second kappa shape index (κ2) is 66.3. The van der Waals surface area contributed by atoms with Crippen molar-refractivity contribution in [2.24, 2.45) is 5.92 Å². The van der Waals surface area contributed by atoms with Crippen LogP contribution < -0.4 is 0 Å². The predicted molar refractivity (Wildman–Crippen MR) is 372 cm³/mol. The molecule has 0 saturated heterocycles. The lowest BCUT2D eigenvalue weighted by molar-refractivity contribution is -0.161. The van der Waals surface area contributed by atoms with Crippen molar-refractivity contribution in [2.45, 2.75) is 400 Å². The average Bonchev–Trinajstić information content (AvgIpc) is 3.54. The van der Waals surface area contributed by atoms with Gasteiger partial charge < -0.3 is 33.8 Å². The second-order valence-electron chi connectivity index (χ2n) is 26.8. The van der Waals surface area contributed by atoms with Crippen molar-refractivity contribution in [1.82, 2.24) is 0 Å². The van der Waals surface area contributed by atoms with E-state index in [9.17, 15) is 43.2 Å². The number of aliphatic hydroxyl groups is 1. The molecule has 0 spiro atoms. The Balaban J connectivity index is 5.20. The molecule has 2 unspecified atom stereocenters. The van der Waals surface area contributed by atoms with Crippen LogP contribution in [0.25, 0.3) is 0 Å². The highest BCUT2D eigenvalue weighted by molar-refractivity contribution is 7.47. The molecule has 0 aliphatic heterocycles. The minimum Gasteiger partial charge on any atom is -0.462 e. The summed E-state index contributed by atoms with van der Waals surface area (Å²) in [6.07, 6.45) is 54.1. The topological polar surface area (TPSA) is 237 Å². The number of phosphoric acid groups is 2. The van der Waals surface area contributed by atoms with E-state index in [-0.39, 0.29) is 25.7 Å². The van der Waals surface area contributed by atoms with Crippen molar-refractivity contribution in [2.75, 3.05) is 39.6 Å². The molecule has 0 heterocycles. The van der Waals surface area contributed by atoms with Gasteiger partial charge in [-0.15, -0.1) is 0 Å². The van der Waals surface area contributed by atoms with E-state index in [1.54, 1.807) is 0 Å². The summed E-state index contributed by atoms with van der Waals surface area (Å²) in [5.41, 5.74) is 0. The van der Waals surface area contributed by atoms with Crippen LogP contribution in [0.3, 0.4) is 0 Å². The third-order valence-corrected chi connectivity index (χ3v) is 18.9. The summed E-state index contributed by atoms with van der Waals surface area (Å²) < 4.78 is 68.3. The van der Waals surface area contributed by atoms with Gasteiger partial charge in [0.05, 0.1) is 26.4 Å². The molecule has 0 saturated carbocycles. The molecule has 0 radical (unpaired) electrons. The van der Waals surface area contributed by atoms with Gasteiger partial charge in [0.2, 0.25) is 0 Å². The minimum absolute atomic E-state index is 0.108. The molecule has 0 aliphatic rings. The monoisotopic (exact) mass is 1350 g/mol. The lowest BCUT2D eigenvalue weighted by atomic mass is 10.0. The van der Waals surface area contributed by atoms with E-state index in [0.717, 1.165) is 109 Å². The highest BCUT2D eigenvalue weighted by Crippen LogP contribution is 2.45. The lowest BCUT2D eigenvalue weighted by Crippen LogP contribution is -2.30. The van der Waals surface area contributed by atoms with E-state index in [2.05, 4.69) is 34.6 Å². The quantitative estimate of drug-likeness (QED) is 0.0222. The Morgan fingerprint density at radius 2 is 0.500 bits per heavy atom. The standard InChI is InChI=1S/C73H142O17P2/c1-6-9-12-15-18-20-22-24-26-27-28-30-34-39-44-49-54-59-73(78)90-69(63-84-71(76)57-52-47-42-37-35-31-32-36-41-45-50-55-66(4)5)65-88-92(81,82)86-61-67(74)60-85-91(79,80)87-64-68(62-83-70(75)56-51-46-40-17-14-11-8-3)89-72(77)58-53-48-43-38-33-29-25-23-21-19-16-13-10-7-2/h66-69,74H,6-65H2,1-5H3,(H,79,80)(H,81,82)/t67-,68+,69+/m0/s1. The maximum Gasteiger partial charge on any atom is 0.472 e. The molecule has 17 nitrogen and oxygen atoms in total.